The lowest BCUT2D eigenvalue weighted by atomic mass is 10.0. The Kier molecular flexibility index (Phi) is 4.69. The van der Waals surface area contributed by atoms with Gasteiger partial charge in [-0.25, -0.2) is 0 Å². The second kappa shape index (κ2) is 5.82. The van der Waals surface area contributed by atoms with E-state index in [1.54, 1.807) is 10.9 Å². The van der Waals surface area contributed by atoms with Crippen molar-refractivity contribution in [2.75, 3.05) is 0 Å². The van der Waals surface area contributed by atoms with E-state index >= 15 is 0 Å². The molecule has 0 radical (unpaired) electrons. The molecule has 0 fully saturated rings. The Labute approximate surface area is 102 Å². The Morgan fingerprint density at radius 1 is 1.59 bits per heavy atom. The van der Waals surface area contributed by atoms with Gasteiger partial charge >= 0.3 is 5.97 Å². The van der Waals surface area contributed by atoms with Gasteiger partial charge in [0.1, 0.15) is 6.04 Å². The molecule has 0 spiro atoms. The molecular formula is C12H21N3O2. The molecule has 2 N–H and O–H groups in total. The third-order valence-electron chi connectivity index (χ3n) is 2.88. The van der Waals surface area contributed by atoms with E-state index < -0.39 is 12.0 Å². The first kappa shape index (κ1) is 13.7. The zero-order chi connectivity index (χ0) is 13.0. The van der Waals surface area contributed by atoms with Crippen molar-refractivity contribution in [3.8, 4) is 0 Å². The molecule has 0 bridgehead atoms. The van der Waals surface area contributed by atoms with Crippen LogP contribution in [-0.4, -0.2) is 26.9 Å². The first-order chi connectivity index (χ1) is 7.91. The summed E-state index contributed by atoms with van der Waals surface area (Å²) in [5, 5.41) is 16.3. The lowest BCUT2D eigenvalue weighted by Crippen LogP contribution is -2.37. The summed E-state index contributed by atoms with van der Waals surface area (Å²) < 4.78 is 1.79. The average Bonchev–Trinajstić information content (AvgIpc) is 2.54. The highest BCUT2D eigenvalue weighted by Gasteiger charge is 2.18. The van der Waals surface area contributed by atoms with Gasteiger partial charge in [0.15, 0.2) is 0 Å². The first-order valence-electron chi connectivity index (χ1n) is 5.85. The van der Waals surface area contributed by atoms with E-state index in [9.17, 15) is 4.79 Å². The van der Waals surface area contributed by atoms with Gasteiger partial charge in [0.2, 0.25) is 0 Å². The SMILES string of the molecule is Cc1c(CNC(CC(C)C)C(=O)O)cnn1C. The van der Waals surface area contributed by atoms with E-state index in [-0.39, 0.29) is 0 Å². The number of hydrogen-bond acceptors (Lipinski definition) is 3. The number of rotatable bonds is 6. The number of nitrogens with one attached hydrogen (secondary N) is 1. The summed E-state index contributed by atoms with van der Waals surface area (Å²) in [5.41, 5.74) is 2.11. The number of carbonyl (C=O) groups is 1. The molecule has 96 valence electrons. The van der Waals surface area contributed by atoms with Crippen LogP contribution in [0.3, 0.4) is 0 Å². The van der Waals surface area contributed by atoms with Gasteiger partial charge in [-0.1, -0.05) is 13.8 Å². The van der Waals surface area contributed by atoms with Crippen molar-refractivity contribution in [2.24, 2.45) is 13.0 Å². The molecule has 0 amide bonds. The van der Waals surface area contributed by atoms with Gasteiger partial charge in [-0.3, -0.25) is 9.48 Å². The standard InChI is InChI=1S/C12H21N3O2/c1-8(2)5-11(12(16)17)13-6-10-7-14-15(4)9(10)3/h7-8,11,13H,5-6H2,1-4H3,(H,16,17). The minimum absolute atomic E-state index is 0.360. The molecular weight excluding hydrogens is 218 g/mol. The number of aromatic nitrogens is 2. The first-order valence-corrected chi connectivity index (χ1v) is 5.85. The fourth-order valence-electron chi connectivity index (χ4n) is 1.69. The molecule has 5 nitrogen and oxygen atoms in total. The van der Waals surface area contributed by atoms with E-state index in [4.69, 9.17) is 5.11 Å². The highest BCUT2D eigenvalue weighted by molar-refractivity contribution is 5.73. The van der Waals surface area contributed by atoms with Crippen molar-refractivity contribution >= 4 is 5.97 Å². The monoisotopic (exact) mass is 239 g/mol. The summed E-state index contributed by atoms with van der Waals surface area (Å²) in [6.45, 7) is 6.56. The van der Waals surface area contributed by atoms with Crippen LogP contribution in [0, 0.1) is 12.8 Å². The number of hydrogen-bond donors (Lipinski definition) is 2. The fourth-order valence-corrected chi connectivity index (χ4v) is 1.69. The summed E-state index contributed by atoms with van der Waals surface area (Å²) >= 11 is 0. The Bertz CT molecular complexity index is 385. The maximum atomic E-state index is 11.1. The van der Waals surface area contributed by atoms with Gasteiger partial charge < -0.3 is 10.4 Å². The van der Waals surface area contributed by atoms with Crippen molar-refractivity contribution in [1.29, 1.82) is 0 Å². The largest absolute Gasteiger partial charge is 0.480 e. The number of carboxylic acids is 1. The smallest absolute Gasteiger partial charge is 0.320 e. The third kappa shape index (κ3) is 3.85. The maximum Gasteiger partial charge on any atom is 0.320 e. The van der Waals surface area contributed by atoms with Gasteiger partial charge in [0, 0.05) is 24.8 Å². The Morgan fingerprint density at radius 2 is 2.24 bits per heavy atom. The van der Waals surface area contributed by atoms with Crippen LogP contribution in [0.4, 0.5) is 0 Å². The molecule has 0 saturated heterocycles. The Hall–Kier alpha value is -1.36. The predicted octanol–water partition coefficient (Wildman–Crippen LogP) is 1.32. The van der Waals surface area contributed by atoms with Gasteiger partial charge in [-0.15, -0.1) is 0 Å². The van der Waals surface area contributed by atoms with Crippen molar-refractivity contribution in [1.82, 2.24) is 15.1 Å². The molecule has 1 heterocycles. The number of aliphatic carboxylic acids is 1. The topological polar surface area (TPSA) is 67.2 Å². The minimum Gasteiger partial charge on any atom is -0.480 e. The highest BCUT2D eigenvalue weighted by Crippen LogP contribution is 2.08. The van der Waals surface area contributed by atoms with E-state index in [1.807, 2.05) is 27.8 Å². The maximum absolute atomic E-state index is 11.1. The van der Waals surface area contributed by atoms with Crippen LogP contribution in [0.25, 0.3) is 0 Å². The summed E-state index contributed by atoms with van der Waals surface area (Å²) in [5.74, 6) is -0.432. The zero-order valence-corrected chi connectivity index (χ0v) is 10.9. The normalized spacial score (nSPS) is 13.0. The molecule has 17 heavy (non-hydrogen) atoms. The molecule has 1 rings (SSSR count). The van der Waals surface area contributed by atoms with Crippen LogP contribution >= 0.6 is 0 Å². The highest BCUT2D eigenvalue weighted by atomic mass is 16.4. The minimum atomic E-state index is -0.791. The molecule has 0 aliphatic rings. The Balaban J connectivity index is 2.58. The second-order valence-corrected chi connectivity index (χ2v) is 4.78. The summed E-state index contributed by atoms with van der Waals surface area (Å²) in [4.78, 5) is 11.1. The van der Waals surface area contributed by atoms with Crippen molar-refractivity contribution in [3.05, 3.63) is 17.5 Å². The van der Waals surface area contributed by atoms with E-state index in [2.05, 4.69) is 10.4 Å². The molecule has 1 aromatic heterocycles. The zero-order valence-electron chi connectivity index (χ0n) is 10.9. The van der Waals surface area contributed by atoms with Gasteiger partial charge in [0.05, 0.1) is 6.20 Å². The molecule has 0 aliphatic carbocycles. The molecule has 0 aliphatic heterocycles. The van der Waals surface area contributed by atoms with Crippen LogP contribution in [0.5, 0.6) is 0 Å². The molecule has 0 saturated carbocycles. The van der Waals surface area contributed by atoms with Gasteiger partial charge in [-0.05, 0) is 19.3 Å². The van der Waals surface area contributed by atoms with Gasteiger partial charge in [-0.2, -0.15) is 5.10 Å². The number of nitrogens with zero attached hydrogens (tertiary/aromatic N) is 2. The van der Waals surface area contributed by atoms with Crippen LogP contribution in [0.2, 0.25) is 0 Å². The van der Waals surface area contributed by atoms with Crippen LogP contribution in [0.15, 0.2) is 6.20 Å². The lowest BCUT2D eigenvalue weighted by molar-refractivity contribution is -0.140. The third-order valence-corrected chi connectivity index (χ3v) is 2.88. The molecule has 1 aromatic rings. The molecule has 0 aromatic carbocycles. The van der Waals surface area contributed by atoms with Crippen molar-refractivity contribution < 1.29 is 9.90 Å². The van der Waals surface area contributed by atoms with Gasteiger partial charge in [0.25, 0.3) is 0 Å². The molecule has 5 heteroatoms. The molecule has 1 atom stereocenters. The summed E-state index contributed by atoms with van der Waals surface area (Å²) in [6, 6.07) is -0.491. The van der Waals surface area contributed by atoms with Crippen LogP contribution < -0.4 is 5.32 Å². The predicted molar refractivity (Wildman–Crippen MR) is 65.7 cm³/mol. The molecule has 1 unspecified atom stereocenters. The van der Waals surface area contributed by atoms with Crippen molar-refractivity contribution in [3.63, 3.8) is 0 Å². The van der Waals surface area contributed by atoms with Crippen LogP contribution in [0.1, 0.15) is 31.5 Å². The van der Waals surface area contributed by atoms with E-state index in [0.29, 0.717) is 18.9 Å². The average molecular weight is 239 g/mol. The van der Waals surface area contributed by atoms with Crippen molar-refractivity contribution in [2.45, 2.75) is 39.8 Å². The summed E-state index contributed by atoms with van der Waals surface area (Å²) in [6.07, 6.45) is 2.41. The lowest BCUT2D eigenvalue weighted by Gasteiger charge is -2.16. The fraction of sp³-hybridized carbons (Fsp3) is 0.667. The van der Waals surface area contributed by atoms with Crippen LogP contribution in [-0.2, 0) is 18.4 Å². The summed E-state index contributed by atoms with van der Waals surface area (Å²) in [7, 11) is 1.88. The second-order valence-electron chi connectivity index (χ2n) is 4.78. The number of aryl methyl sites for hydroxylation is 1. The number of carboxylic acid groups (broad SMARTS) is 1. The quantitative estimate of drug-likeness (QED) is 0.785. The Morgan fingerprint density at radius 3 is 2.65 bits per heavy atom. The van der Waals surface area contributed by atoms with E-state index in [0.717, 1.165) is 11.3 Å². The van der Waals surface area contributed by atoms with E-state index in [1.165, 1.54) is 0 Å².